The number of benzene rings is 1. The minimum atomic E-state index is -0.0604. The molecule has 0 saturated heterocycles. The van der Waals surface area contributed by atoms with Gasteiger partial charge in [-0.25, -0.2) is 0 Å². The molecule has 1 aliphatic rings. The molecular weight excluding hydrogens is 418 g/mol. The normalized spacial score (nSPS) is 19.4. The molecule has 0 fully saturated rings. The molecule has 0 aliphatic carbocycles. The summed E-state index contributed by atoms with van der Waals surface area (Å²) in [7, 11) is 0. The molecule has 2 heterocycles. The van der Waals surface area contributed by atoms with Gasteiger partial charge in [-0.2, -0.15) is 0 Å². The number of hydrogen-bond donors (Lipinski definition) is 0. The monoisotopic (exact) mass is 465 g/mol. The first kappa shape index (κ1) is 26.6. The molecule has 1 aromatic heterocycles. The fourth-order valence-corrected chi connectivity index (χ4v) is 5.17. The minimum Gasteiger partial charge on any atom is -0.487 e. The molecule has 1 aromatic carbocycles. The van der Waals surface area contributed by atoms with Crippen LogP contribution in [0.5, 0.6) is 17.2 Å². The summed E-state index contributed by atoms with van der Waals surface area (Å²) in [6.07, 6.45) is 16.2. The van der Waals surface area contributed by atoms with E-state index in [9.17, 15) is 0 Å². The third-order valence-electron chi connectivity index (χ3n) is 7.52. The molecule has 0 saturated carbocycles. The Morgan fingerprint density at radius 3 is 2.26 bits per heavy atom. The molecule has 3 heteroatoms. The topological polar surface area (TPSA) is 31.4 Å². The number of pyridine rings is 1. The van der Waals surface area contributed by atoms with Gasteiger partial charge in [0.1, 0.15) is 22.8 Å². The van der Waals surface area contributed by atoms with Crippen LogP contribution in [0.15, 0.2) is 36.7 Å². The van der Waals surface area contributed by atoms with Crippen LogP contribution in [0.2, 0.25) is 0 Å². The third-order valence-corrected chi connectivity index (χ3v) is 7.52. The summed E-state index contributed by atoms with van der Waals surface area (Å²) >= 11 is 0. The van der Waals surface area contributed by atoms with Crippen LogP contribution in [-0.2, 0) is 6.42 Å². The number of nitrogens with zero attached hydrogens (tertiary/aromatic N) is 1. The van der Waals surface area contributed by atoms with Gasteiger partial charge in [-0.3, -0.25) is 4.98 Å². The van der Waals surface area contributed by atoms with Crippen molar-refractivity contribution in [3.05, 3.63) is 47.8 Å². The molecule has 188 valence electrons. The van der Waals surface area contributed by atoms with E-state index in [1.165, 1.54) is 50.5 Å². The number of aryl methyl sites for hydroxylation is 2. The summed E-state index contributed by atoms with van der Waals surface area (Å²) < 4.78 is 12.7. The molecule has 3 nitrogen and oxygen atoms in total. The first-order chi connectivity index (χ1) is 16.2. The van der Waals surface area contributed by atoms with Gasteiger partial charge in [-0.05, 0) is 92.7 Å². The van der Waals surface area contributed by atoms with Crippen LogP contribution in [0.3, 0.4) is 0 Å². The minimum absolute atomic E-state index is 0.0604. The van der Waals surface area contributed by atoms with Crippen molar-refractivity contribution in [2.75, 3.05) is 0 Å². The summed E-state index contributed by atoms with van der Waals surface area (Å²) in [5.41, 5.74) is 2.36. The van der Waals surface area contributed by atoms with Crippen molar-refractivity contribution in [1.82, 2.24) is 4.98 Å². The molecule has 0 bridgehead atoms. The van der Waals surface area contributed by atoms with E-state index in [2.05, 4.69) is 58.7 Å². The van der Waals surface area contributed by atoms with E-state index in [4.69, 9.17) is 9.47 Å². The Morgan fingerprint density at radius 1 is 0.912 bits per heavy atom. The van der Waals surface area contributed by atoms with Crippen molar-refractivity contribution < 1.29 is 9.47 Å². The molecule has 34 heavy (non-hydrogen) atoms. The first-order valence-electron chi connectivity index (χ1n) is 13.6. The maximum atomic E-state index is 6.63. The zero-order valence-electron chi connectivity index (χ0n) is 22.5. The summed E-state index contributed by atoms with van der Waals surface area (Å²) in [4.78, 5) is 4.06. The highest BCUT2D eigenvalue weighted by atomic mass is 16.5. The van der Waals surface area contributed by atoms with E-state index in [1.807, 2.05) is 12.1 Å². The lowest BCUT2D eigenvalue weighted by molar-refractivity contribution is 0.0514. The molecule has 0 unspecified atom stereocenters. The lowest BCUT2D eigenvalue weighted by atomic mass is 9.85. The lowest BCUT2D eigenvalue weighted by Crippen LogP contribution is -2.36. The Morgan fingerprint density at radius 2 is 1.59 bits per heavy atom. The molecule has 0 spiro atoms. The van der Waals surface area contributed by atoms with Crippen molar-refractivity contribution >= 4 is 0 Å². The fourth-order valence-electron chi connectivity index (χ4n) is 5.17. The first-order valence-corrected chi connectivity index (χ1v) is 13.6. The van der Waals surface area contributed by atoms with Crippen LogP contribution in [0.1, 0.15) is 104 Å². The average Bonchev–Trinajstić information content (AvgIpc) is 2.79. The third kappa shape index (κ3) is 8.32. The highest BCUT2D eigenvalue weighted by Gasteiger charge is 2.32. The maximum Gasteiger partial charge on any atom is 0.130 e. The van der Waals surface area contributed by atoms with Crippen LogP contribution in [0.25, 0.3) is 0 Å². The van der Waals surface area contributed by atoms with Crippen molar-refractivity contribution in [1.29, 1.82) is 0 Å². The molecular formula is C31H47NO2. The predicted octanol–water partition coefficient (Wildman–Crippen LogP) is 9.32. The van der Waals surface area contributed by atoms with Crippen molar-refractivity contribution in [2.24, 2.45) is 17.8 Å². The quantitative estimate of drug-likeness (QED) is 0.295. The second-order valence-electron chi connectivity index (χ2n) is 11.6. The van der Waals surface area contributed by atoms with Crippen LogP contribution in [0, 0.1) is 24.7 Å². The van der Waals surface area contributed by atoms with Gasteiger partial charge >= 0.3 is 0 Å². The highest BCUT2D eigenvalue weighted by Crippen LogP contribution is 2.41. The number of aromatic nitrogens is 1. The zero-order chi connectivity index (χ0) is 24.6. The van der Waals surface area contributed by atoms with Gasteiger partial charge in [0, 0.05) is 12.4 Å². The second-order valence-corrected chi connectivity index (χ2v) is 11.6. The Bertz CT molecular complexity index is 879. The Hall–Kier alpha value is -2.03. The van der Waals surface area contributed by atoms with Gasteiger partial charge in [-0.1, -0.05) is 66.2 Å². The number of hydrogen-bond acceptors (Lipinski definition) is 3. The predicted molar refractivity (Wildman–Crippen MR) is 143 cm³/mol. The molecule has 0 radical (unpaired) electrons. The smallest absolute Gasteiger partial charge is 0.130 e. The van der Waals surface area contributed by atoms with Crippen LogP contribution in [0.4, 0.5) is 0 Å². The van der Waals surface area contributed by atoms with Crippen LogP contribution < -0.4 is 9.47 Å². The van der Waals surface area contributed by atoms with Gasteiger partial charge in [0.2, 0.25) is 0 Å². The SMILES string of the molecule is Cc1cc(Oc2ccncc2)cc2c1O[C@](C)(CCC[C@H](C)CC[C@H](C)CCCC(C)C)CC2. The largest absolute Gasteiger partial charge is 0.487 e. The van der Waals surface area contributed by atoms with E-state index in [-0.39, 0.29) is 5.60 Å². The summed E-state index contributed by atoms with van der Waals surface area (Å²) in [6.45, 7) is 14.0. The Labute approximate surface area is 208 Å². The number of fused-ring (bicyclic) bond motifs is 1. The highest BCUT2D eigenvalue weighted by molar-refractivity contribution is 5.49. The van der Waals surface area contributed by atoms with E-state index in [0.717, 1.165) is 59.8 Å². The standard InChI is InChI=1S/C31H47NO2/c1-23(2)9-7-10-24(3)12-13-25(4)11-8-17-31(6)18-14-27-22-29(21-26(5)30(27)34-31)33-28-15-19-32-20-16-28/h15-16,19-25H,7-14,17-18H2,1-6H3/t24-,25+,31-/m1/s1. The molecule has 3 atom stereocenters. The van der Waals surface area contributed by atoms with Gasteiger partial charge in [0.25, 0.3) is 0 Å². The van der Waals surface area contributed by atoms with Crippen LogP contribution in [-0.4, -0.2) is 10.6 Å². The number of ether oxygens (including phenoxy) is 2. The Kier molecular flexibility index (Phi) is 9.85. The fraction of sp³-hybridized carbons (Fsp3) is 0.645. The second kappa shape index (κ2) is 12.6. The van der Waals surface area contributed by atoms with Gasteiger partial charge in [0.15, 0.2) is 0 Å². The summed E-state index contributed by atoms with van der Waals surface area (Å²) in [5, 5.41) is 0. The van der Waals surface area contributed by atoms with Crippen molar-refractivity contribution in [3.63, 3.8) is 0 Å². The molecule has 3 rings (SSSR count). The van der Waals surface area contributed by atoms with Crippen molar-refractivity contribution in [3.8, 4) is 17.2 Å². The van der Waals surface area contributed by atoms with E-state index in [0.29, 0.717) is 0 Å². The molecule has 0 amide bonds. The molecule has 1 aliphatic heterocycles. The van der Waals surface area contributed by atoms with Crippen LogP contribution >= 0.6 is 0 Å². The van der Waals surface area contributed by atoms with Gasteiger partial charge in [0.05, 0.1) is 0 Å². The lowest BCUT2D eigenvalue weighted by Gasteiger charge is -2.37. The average molecular weight is 466 g/mol. The van der Waals surface area contributed by atoms with E-state index >= 15 is 0 Å². The Balaban J connectivity index is 1.44. The van der Waals surface area contributed by atoms with E-state index in [1.54, 1.807) is 12.4 Å². The molecule has 2 aromatic rings. The van der Waals surface area contributed by atoms with Crippen molar-refractivity contribution in [2.45, 2.75) is 111 Å². The van der Waals surface area contributed by atoms with E-state index < -0.39 is 0 Å². The summed E-state index contributed by atoms with van der Waals surface area (Å²) in [5.74, 6) is 5.28. The maximum absolute atomic E-state index is 6.63. The zero-order valence-corrected chi connectivity index (χ0v) is 22.5. The van der Waals surface area contributed by atoms with Gasteiger partial charge in [-0.15, -0.1) is 0 Å². The number of rotatable bonds is 13. The summed E-state index contributed by atoms with van der Waals surface area (Å²) in [6, 6.07) is 8.01. The van der Waals surface area contributed by atoms with Gasteiger partial charge < -0.3 is 9.47 Å². The molecule has 0 N–H and O–H groups in total.